The van der Waals surface area contributed by atoms with Gasteiger partial charge in [0.2, 0.25) is 11.9 Å². The molecular weight excluding hydrogens is 490 g/mol. The molecule has 8 nitrogen and oxygen atoms in total. The summed E-state index contributed by atoms with van der Waals surface area (Å²) in [6, 6.07) is 25.1. The van der Waals surface area contributed by atoms with Gasteiger partial charge in [0.05, 0.1) is 32.2 Å². The van der Waals surface area contributed by atoms with Crippen LogP contribution in [0, 0.1) is 0 Å². The topological polar surface area (TPSA) is 88.6 Å². The van der Waals surface area contributed by atoms with Gasteiger partial charge >= 0.3 is 0 Å². The van der Waals surface area contributed by atoms with E-state index >= 15 is 0 Å². The van der Waals surface area contributed by atoms with Crippen molar-refractivity contribution in [2.75, 3.05) is 44.5 Å². The summed E-state index contributed by atoms with van der Waals surface area (Å²) in [5, 5.41) is 6.32. The first-order chi connectivity index (χ1) is 19.1. The molecular formula is C31H33N5O3. The van der Waals surface area contributed by atoms with E-state index in [4.69, 9.17) is 19.4 Å². The molecule has 1 aliphatic heterocycles. The minimum atomic E-state index is 0.0114. The number of ether oxygens (including phenoxy) is 2. The molecule has 5 rings (SSSR count). The van der Waals surface area contributed by atoms with Gasteiger partial charge in [-0.1, -0.05) is 6.42 Å². The lowest BCUT2D eigenvalue weighted by atomic mass is 10.1. The number of aromatic nitrogens is 2. The van der Waals surface area contributed by atoms with Crippen molar-refractivity contribution in [1.82, 2.24) is 14.9 Å². The van der Waals surface area contributed by atoms with Crippen molar-refractivity contribution in [1.29, 1.82) is 0 Å². The molecule has 1 aliphatic rings. The van der Waals surface area contributed by atoms with Crippen molar-refractivity contribution in [2.45, 2.75) is 19.3 Å². The number of rotatable bonds is 9. The Bertz CT molecular complexity index is 1320. The summed E-state index contributed by atoms with van der Waals surface area (Å²) in [7, 11) is 3.30. The summed E-state index contributed by atoms with van der Waals surface area (Å²) in [6.07, 6.45) is 3.58. The molecule has 4 aromatic rings. The van der Waals surface area contributed by atoms with Gasteiger partial charge in [-0.25, -0.2) is 9.97 Å². The lowest BCUT2D eigenvalue weighted by Crippen LogP contribution is -2.36. The van der Waals surface area contributed by atoms with E-state index in [1.165, 1.54) is 6.42 Å². The van der Waals surface area contributed by atoms with E-state index in [9.17, 15) is 4.79 Å². The van der Waals surface area contributed by atoms with E-state index in [-0.39, 0.29) is 5.91 Å². The highest BCUT2D eigenvalue weighted by atomic mass is 16.5. The van der Waals surface area contributed by atoms with Crippen LogP contribution in [0.4, 0.5) is 17.3 Å². The van der Waals surface area contributed by atoms with Gasteiger partial charge in [-0.15, -0.1) is 0 Å². The molecule has 0 bridgehead atoms. The molecule has 0 radical (unpaired) electrons. The maximum Gasteiger partial charge on any atom is 0.238 e. The third-order valence-electron chi connectivity index (χ3n) is 6.74. The average Bonchev–Trinajstić information content (AvgIpc) is 2.98. The number of likely N-dealkylation sites (tertiary alicyclic amines) is 1. The van der Waals surface area contributed by atoms with Crippen LogP contribution in [0.2, 0.25) is 0 Å². The summed E-state index contributed by atoms with van der Waals surface area (Å²) >= 11 is 0. The van der Waals surface area contributed by atoms with E-state index in [0.717, 1.165) is 71.3 Å². The van der Waals surface area contributed by atoms with Crippen LogP contribution >= 0.6 is 0 Å². The minimum Gasteiger partial charge on any atom is -0.497 e. The highest BCUT2D eigenvalue weighted by molar-refractivity contribution is 5.92. The van der Waals surface area contributed by atoms with Gasteiger partial charge in [-0.3, -0.25) is 9.69 Å². The van der Waals surface area contributed by atoms with Crippen molar-refractivity contribution in [3.05, 3.63) is 78.9 Å². The van der Waals surface area contributed by atoms with E-state index in [1.54, 1.807) is 14.2 Å². The maximum atomic E-state index is 12.5. The Hall–Kier alpha value is -4.43. The Morgan fingerprint density at radius 2 is 1.26 bits per heavy atom. The van der Waals surface area contributed by atoms with E-state index in [2.05, 4.69) is 15.5 Å². The summed E-state index contributed by atoms with van der Waals surface area (Å²) in [6.45, 7) is 2.41. The zero-order valence-corrected chi connectivity index (χ0v) is 22.3. The third-order valence-corrected chi connectivity index (χ3v) is 6.74. The first-order valence-electron chi connectivity index (χ1n) is 13.2. The summed E-state index contributed by atoms with van der Waals surface area (Å²) in [5.41, 5.74) is 5.03. The molecule has 0 aliphatic carbocycles. The third kappa shape index (κ3) is 6.91. The fourth-order valence-electron chi connectivity index (χ4n) is 4.61. The predicted octanol–water partition coefficient (Wildman–Crippen LogP) is 6.00. The SMILES string of the molecule is COc1ccc(-c2cc(-c3ccc(OC)cc3)nc(Nc3ccc(NC(=O)CN4CCCCC4)cc3)n2)cc1. The van der Waals surface area contributed by atoms with Gasteiger partial charge in [-0.2, -0.15) is 0 Å². The van der Waals surface area contributed by atoms with Crippen LogP contribution in [0.25, 0.3) is 22.5 Å². The molecule has 1 saturated heterocycles. The van der Waals surface area contributed by atoms with Crippen molar-refractivity contribution in [2.24, 2.45) is 0 Å². The molecule has 3 aromatic carbocycles. The highest BCUT2D eigenvalue weighted by Gasteiger charge is 2.14. The number of carbonyl (C=O) groups excluding carboxylic acids is 1. The van der Waals surface area contributed by atoms with Crippen molar-refractivity contribution in [3.8, 4) is 34.0 Å². The van der Waals surface area contributed by atoms with Crippen LogP contribution in [0.15, 0.2) is 78.9 Å². The van der Waals surface area contributed by atoms with Crippen LogP contribution in [0.5, 0.6) is 11.5 Å². The lowest BCUT2D eigenvalue weighted by molar-refractivity contribution is -0.117. The molecule has 39 heavy (non-hydrogen) atoms. The molecule has 8 heteroatoms. The Morgan fingerprint density at radius 3 is 1.77 bits per heavy atom. The van der Waals surface area contributed by atoms with Crippen LogP contribution in [0.1, 0.15) is 19.3 Å². The Labute approximate surface area is 229 Å². The van der Waals surface area contributed by atoms with Gasteiger partial charge in [0.25, 0.3) is 0 Å². The zero-order chi connectivity index (χ0) is 27.0. The summed E-state index contributed by atoms with van der Waals surface area (Å²) in [4.78, 5) is 24.3. The molecule has 1 aromatic heterocycles. The second-order valence-corrected chi connectivity index (χ2v) is 9.51. The average molecular weight is 524 g/mol. The van der Waals surface area contributed by atoms with Gasteiger partial charge in [0, 0.05) is 22.5 Å². The predicted molar refractivity (Wildman–Crippen MR) is 155 cm³/mol. The molecule has 0 saturated carbocycles. The Kier molecular flexibility index (Phi) is 8.33. The van der Waals surface area contributed by atoms with Crippen molar-refractivity contribution >= 4 is 23.2 Å². The zero-order valence-electron chi connectivity index (χ0n) is 22.3. The molecule has 200 valence electrons. The van der Waals surface area contributed by atoms with E-state index in [0.29, 0.717) is 12.5 Å². The van der Waals surface area contributed by atoms with Crippen LogP contribution < -0.4 is 20.1 Å². The van der Waals surface area contributed by atoms with E-state index in [1.807, 2.05) is 78.9 Å². The number of hydrogen-bond acceptors (Lipinski definition) is 7. The standard InChI is InChI=1S/C31H33N5O3/c1-38-26-14-6-22(7-15-26)28-20-29(23-8-16-27(39-2)17-9-23)35-31(34-28)33-25-12-10-24(11-13-25)32-30(37)21-36-18-4-3-5-19-36/h6-17,20H,3-5,18-19,21H2,1-2H3,(H,32,37)(H,33,34,35). The largest absolute Gasteiger partial charge is 0.497 e. The number of hydrogen-bond donors (Lipinski definition) is 2. The van der Waals surface area contributed by atoms with Gasteiger partial charge in [-0.05, 0) is 105 Å². The van der Waals surface area contributed by atoms with Crippen molar-refractivity contribution < 1.29 is 14.3 Å². The number of piperidine rings is 1. The first-order valence-corrected chi connectivity index (χ1v) is 13.2. The van der Waals surface area contributed by atoms with Gasteiger partial charge in [0.15, 0.2) is 0 Å². The second-order valence-electron chi connectivity index (χ2n) is 9.51. The first kappa shape index (κ1) is 26.2. The number of nitrogens with zero attached hydrogens (tertiary/aromatic N) is 3. The second kappa shape index (κ2) is 12.4. The number of methoxy groups -OCH3 is 2. The smallest absolute Gasteiger partial charge is 0.238 e. The van der Waals surface area contributed by atoms with Crippen LogP contribution in [-0.2, 0) is 4.79 Å². The number of nitrogens with one attached hydrogen (secondary N) is 2. The fourth-order valence-corrected chi connectivity index (χ4v) is 4.61. The molecule has 2 heterocycles. The van der Waals surface area contributed by atoms with E-state index < -0.39 is 0 Å². The molecule has 2 N–H and O–H groups in total. The Balaban J connectivity index is 1.35. The van der Waals surface area contributed by atoms with Crippen LogP contribution in [-0.4, -0.2) is 54.6 Å². The normalized spacial score (nSPS) is 13.5. The van der Waals surface area contributed by atoms with Gasteiger partial charge < -0.3 is 20.1 Å². The Morgan fingerprint density at radius 1 is 0.744 bits per heavy atom. The molecule has 1 amide bonds. The highest BCUT2D eigenvalue weighted by Crippen LogP contribution is 2.29. The lowest BCUT2D eigenvalue weighted by Gasteiger charge is -2.25. The molecule has 0 atom stereocenters. The number of anilines is 3. The van der Waals surface area contributed by atoms with Gasteiger partial charge in [0.1, 0.15) is 11.5 Å². The monoisotopic (exact) mass is 523 g/mol. The maximum absolute atomic E-state index is 12.5. The molecule has 1 fully saturated rings. The number of amides is 1. The molecule has 0 spiro atoms. The van der Waals surface area contributed by atoms with Crippen molar-refractivity contribution in [3.63, 3.8) is 0 Å². The summed E-state index contributed by atoms with van der Waals surface area (Å²) < 4.78 is 10.6. The number of carbonyl (C=O) groups is 1. The van der Waals surface area contributed by atoms with Crippen LogP contribution in [0.3, 0.4) is 0 Å². The molecule has 0 unspecified atom stereocenters. The number of benzene rings is 3. The minimum absolute atomic E-state index is 0.0114. The fraction of sp³-hybridized carbons (Fsp3) is 0.258. The summed E-state index contributed by atoms with van der Waals surface area (Å²) in [5.74, 6) is 2.04. The quantitative estimate of drug-likeness (QED) is 0.278.